The molecular formula is C24H29N5O4S. The molecule has 1 aromatic heterocycles. The van der Waals surface area contributed by atoms with Gasteiger partial charge in [-0.15, -0.1) is 10.2 Å². The van der Waals surface area contributed by atoms with Gasteiger partial charge in [0.15, 0.2) is 11.0 Å². The van der Waals surface area contributed by atoms with Crippen LogP contribution in [0.3, 0.4) is 0 Å². The van der Waals surface area contributed by atoms with E-state index in [2.05, 4.69) is 36.3 Å². The molecule has 0 saturated carbocycles. The third kappa shape index (κ3) is 6.80. The second kappa shape index (κ2) is 11.6. The first-order valence-corrected chi connectivity index (χ1v) is 12.1. The Morgan fingerprint density at radius 1 is 1.21 bits per heavy atom. The van der Waals surface area contributed by atoms with E-state index >= 15 is 0 Å². The quantitative estimate of drug-likeness (QED) is 0.231. The second-order valence-electron chi connectivity index (χ2n) is 8.30. The van der Waals surface area contributed by atoms with Gasteiger partial charge in [0, 0.05) is 12.6 Å². The summed E-state index contributed by atoms with van der Waals surface area (Å²) in [5.74, 6) is 1.45. The Morgan fingerprint density at radius 3 is 2.59 bits per heavy atom. The minimum Gasteiger partial charge on any atom is -0.486 e. The Kier molecular flexibility index (Phi) is 8.64. The van der Waals surface area contributed by atoms with Gasteiger partial charge in [0.2, 0.25) is 5.91 Å². The molecule has 0 aliphatic rings. The van der Waals surface area contributed by atoms with E-state index in [4.69, 9.17) is 4.74 Å². The number of nitro groups is 1. The third-order valence-corrected chi connectivity index (χ3v) is 5.96. The first-order chi connectivity index (χ1) is 16.3. The van der Waals surface area contributed by atoms with Gasteiger partial charge in [-0.25, -0.2) is 0 Å². The van der Waals surface area contributed by atoms with Crippen molar-refractivity contribution in [3.05, 3.63) is 69.5 Å². The second-order valence-corrected chi connectivity index (χ2v) is 9.25. The van der Waals surface area contributed by atoms with Gasteiger partial charge in [0.05, 0.1) is 10.7 Å². The smallest absolute Gasteiger partial charge is 0.293 e. The standard InChI is InChI=1S/C24H29N5O4S/c1-5-18-7-9-19(10-8-18)33-14-22-26-27-24(28(22)13-16(2)3)34-15-23(30)25-20-11-6-17(4)12-21(20)29(31)32/h6-12,16H,5,13-15H2,1-4H3,(H,25,30). The van der Waals surface area contributed by atoms with E-state index in [1.807, 2.05) is 28.8 Å². The van der Waals surface area contributed by atoms with E-state index in [1.165, 1.54) is 23.4 Å². The number of aromatic nitrogens is 3. The molecule has 1 heterocycles. The zero-order valence-corrected chi connectivity index (χ0v) is 20.6. The highest BCUT2D eigenvalue weighted by molar-refractivity contribution is 7.99. The van der Waals surface area contributed by atoms with Gasteiger partial charge in [0.25, 0.3) is 5.69 Å². The van der Waals surface area contributed by atoms with Crippen LogP contribution in [0, 0.1) is 23.0 Å². The lowest BCUT2D eigenvalue weighted by molar-refractivity contribution is -0.384. The van der Waals surface area contributed by atoms with Crippen LogP contribution in [0.15, 0.2) is 47.6 Å². The Balaban J connectivity index is 1.66. The number of rotatable bonds is 11. The number of ether oxygens (including phenoxy) is 1. The average molecular weight is 484 g/mol. The fraction of sp³-hybridized carbons (Fsp3) is 0.375. The van der Waals surface area contributed by atoms with E-state index in [0.717, 1.165) is 17.7 Å². The SMILES string of the molecule is CCc1ccc(OCc2nnc(SCC(=O)Nc3ccc(C)cc3[N+](=O)[O-])n2CC(C)C)cc1. The summed E-state index contributed by atoms with van der Waals surface area (Å²) in [6.45, 7) is 8.97. The van der Waals surface area contributed by atoms with E-state index in [-0.39, 0.29) is 29.6 Å². The molecule has 9 nitrogen and oxygen atoms in total. The fourth-order valence-electron chi connectivity index (χ4n) is 3.27. The maximum Gasteiger partial charge on any atom is 0.293 e. The largest absolute Gasteiger partial charge is 0.486 e. The van der Waals surface area contributed by atoms with Crippen LogP contribution < -0.4 is 10.1 Å². The van der Waals surface area contributed by atoms with Gasteiger partial charge in [0.1, 0.15) is 18.0 Å². The molecular weight excluding hydrogens is 454 g/mol. The summed E-state index contributed by atoms with van der Waals surface area (Å²) in [5.41, 5.74) is 2.03. The molecule has 0 bridgehead atoms. The number of hydrogen-bond donors (Lipinski definition) is 1. The molecule has 2 aromatic carbocycles. The number of aryl methyl sites for hydroxylation is 2. The molecule has 0 unspecified atom stereocenters. The van der Waals surface area contributed by atoms with Crippen LogP contribution in [0.1, 0.15) is 37.7 Å². The molecule has 1 N–H and O–H groups in total. The Hall–Kier alpha value is -3.40. The predicted molar refractivity (Wildman–Crippen MR) is 132 cm³/mol. The molecule has 0 spiro atoms. The van der Waals surface area contributed by atoms with E-state index in [1.54, 1.807) is 19.1 Å². The Morgan fingerprint density at radius 2 is 1.94 bits per heavy atom. The molecule has 0 radical (unpaired) electrons. The number of anilines is 1. The van der Waals surface area contributed by atoms with Crippen LogP contribution in [0.5, 0.6) is 5.75 Å². The molecule has 180 valence electrons. The maximum absolute atomic E-state index is 12.5. The third-order valence-electron chi connectivity index (χ3n) is 5.00. The minimum absolute atomic E-state index is 0.0423. The van der Waals surface area contributed by atoms with Crippen molar-refractivity contribution in [3.63, 3.8) is 0 Å². The number of amides is 1. The van der Waals surface area contributed by atoms with Crippen LogP contribution in [0.25, 0.3) is 0 Å². The van der Waals surface area contributed by atoms with E-state index in [0.29, 0.717) is 23.4 Å². The first kappa shape index (κ1) is 25.2. The number of nitrogens with one attached hydrogen (secondary N) is 1. The normalized spacial score (nSPS) is 11.0. The first-order valence-electron chi connectivity index (χ1n) is 11.1. The lowest BCUT2D eigenvalue weighted by Crippen LogP contribution is -2.16. The van der Waals surface area contributed by atoms with Crippen molar-refractivity contribution in [2.24, 2.45) is 5.92 Å². The number of carbonyl (C=O) groups excluding carboxylic acids is 1. The molecule has 0 fully saturated rings. The summed E-state index contributed by atoms with van der Waals surface area (Å²) < 4.78 is 7.86. The molecule has 3 rings (SSSR count). The van der Waals surface area contributed by atoms with Crippen LogP contribution in [0.4, 0.5) is 11.4 Å². The monoisotopic (exact) mass is 483 g/mol. The number of carbonyl (C=O) groups is 1. The van der Waals surface area contributed by atoms with E-state index in [9.17, 15) is 14.9 Å². The van der Waals surface area contributed by atoms with Gasteiger partial charge in [-0.05, 0) is 48.6 Å². The highest BCUT2D eigenvalue weighted by Crippen LogP contribution is 2.26. The highest BCUT2D eigenvalue weighted by Gasteiger charge is 2.19. The van der Waals surface area contributed by atoms with Crippen molar-refractivity contribution >= 4 is 29.0 Å². The van der Waals surface area contributed by atoms with Gasteiger partial charge in [-0.1, -0.05) is 50.7 Å². The number of benzene rings is 2. The molecule has 0 saturated heterocycles. The van der Waals surface area contributed by atoms with Crippen molar-refractivity contribution in [1.82, 2.24) is 14.8 Å². The predicted octanol–water partition coefficient (Wildman–Crippen LogP) is 5.02. The summed E-state index contributed by atoms with van der Waals surface area (Å²) in [6, 6.07) is 12.6. The summed E-state index contributed by atoms with van der Waals surface area (Å²) in [7, 11) is 0. The summed E-state index contributed by atoms with van der Waals surface area (Å²) in [4.78, 5) is 23.3. The maximum atomic E-state index is 12.5. The average Bonchev–Trinajstić information content (AvgIpc) is 3.18. The minimum atomic E-state index is -0.503. The van der Waals surface area contributed by atoms with Crippen molar-refractivity contribution in [2.75, 3.05) is 11.1 Å². The summed E-state index contributed by atoms with van der Waals surface area (Å²) >= 11 is 1.23. The highest BCUT2D eigenvalue weighted by atomic mass is 32.2. The lowest BCUT2D eigenvalue weighted by atomic mass is 10.2. The molecule has 0 aliphatic heterocycles. The Bertz CT molecular complexity index is 1140. The molecule has 0 atom stereocenters. The number of thioether (sulfide) groups is 1. The van der Waals surface area contributed by atoms with E-state index < -0.39 is 4.92 Å². The van der Waals surface area contributed by atoms with Crippen molar-refractivity contribution < 1.29 is 14.5 Å². The van der Waals surface area contributed by atoms with Gasteiger partial charge in [-0.2, -0.15) is 0 Å². The lowest BCUT2D eigenvalue weighted by Gasteiger charge is -2.13. The molecule has 34 heavy (non-hydrogen) atoms. The van der Waals surface area contributed by atoms with Gasteiger partial charge < -0.3 is 14.6 Å². The zero-order valence-electron chi connectivity index (χ0n) is 19.8. The number of nitrogens with zero attached hydrogens (tertiary/aromatic N) is 4. The molecule has 3 aromatic rings. The van der Waals surface area contributed by atoms with Crippen LogP contribution >= 0.6 is 11.8 Å². The summed E-state index contributed by atoms with van der Waals surface area (Å²) in [6.07, 6.45) is 0.967. The van der Waals surface area contributed by atoms with Gasteiger partial charge >= 0.3 is 0 Å². The Labute approximate surface area is 203 Å². The molecule has 1 amide bonds. The van der Waals surface area contributed by atoms with Gasteiger partial charge in [-0.3, -0.25) is 14.9 Å². The van der Waals surface area contributed by atoms with Crippen molar-refractivity contribution in [2.45, 2.75) is 52.4 Å². The van der Waals surface area contributed by atoms with Crippen LogP contribution in [-0.4, -0.2) is 31.3 Å². The van der Waals surface area contributed by atoms with Crippen LogP contribution in [0.2, 0.25) is 0 Å². The zero-order chi connectivity index (χ0) is 24.7. The van der Waals surface area contributed by atoms with Crippen molar-refractivity contribution in [1.29, 1.82) is 0 Å². The summed E-state index contributed by atoms with van der Waals surface area (Å²) in [5, 5.41) is 23.1. The van der Waals surface area contributed by atoms with Crippen LogP contribution in [-0.2, 0) is 24.4 Å². The fourth-order valence-corrected chi connectivity index (χ4v) is 4.03. The molecule has 10 heteroatoms. The topological polar surface area (TPSA) is 112 Å². The van der Waals surface area contributed by atoms with Crippen molar-refractivity contribution in [3.8, 4) is 5.75 Å². The number of nitro benzene ring substituents is 1. The number of hydrogen-bond acceptors (Lipinski definition) is 7. The molecule has 0 aliphatic carbocycles.